The van der Waals surface area contributed by atoms with Crippen molar-refractivity contribution in [1.29, 1.82) is 0 Å². The highest BCUT2D eigenvalue weighted by molar-refractivity contribution is 7.09. The standard InChI is InChI=1S/C11H17N3O3S/c1-7(12)10-13-9(6-18-10)11(16)14-2-3-17-8(4-14)5-15/h6-8,15H,2-5,12H2,1H3. The Kier molecular flexibility index (Phi) is 4.28. The number of rotatable bonds is 3. The van der Waals surface area contributed by atoms with E-state index in [0.29, 0.717) is 25.4 Å². The molecule has 6 nitrogen and oxygen atoms in total. The number of ether oxygens (including phenoxy) is 1. The third-order valence-corrected chi connectivity index (χ3v) is 3.81. The Morgan fingerprint density at radius 1 is 1.83 bits per heavy atom. The van der Waals surface area contributed by atoms with Crippen LogP contribution in [0.4, 0.5) is 0 Å². The summed E-state index contributed by atoms with van der Waals surface area (Å²) in [6, 6.07) is -0.161. The van der Waals surface area contributed by atoms with E-state index in [4.69, 9.17) is 15.6 Å². The summed E-state index contributed by atoms with van der Waals surface area (Å²) in [7, 11) is 0. The highest BCUT2D eigenvalue weighted by Gasteiger charge is 2.26. The largest absolute Gasteiger partial charge is 0.394 e. The lowest BCUT2D eigenvalue weighted by Crippen LogP contribution is -2.47. The Balaban J connectivity index is 2.05. The zero-order chi connectivity index (χ0) is 13.1. The minimum absolute atomic E-state index is 0.0775. The summed E-state index contributed by atoms with van der Waals surface area (Å²) in [5.74, 6) is -0.125. The Bertz CT molecular complexity index is 421. The monoisotopic (exact) mass is 271 g/mol. The van der Waals surface area contributed by atoms with Crippen LogP contribution in [0, 0.1) is 0 Å². The first-order valence-corrected chi connectivity index (χ1v) is 6.72. The number of aromatic nitrogens is 1. The molecule has 1 aromatic rings. The van der Waals surface area contributed by atoms with E-state index >= 15 is 0 Å². The van der Waals surface area contributed by atoms with Crippen LogP contribution in [0.2, 0.25) is 0 Å². The molecule has 1 aromatic heterocycles. The van der Waals surface area contributed by atoms with Gasteiger partial charge in [0.2, 0.25) is 0 Å². The molecule has 2 rings (SSSR count). The number of amides is 1. The molecule has 2 atom stereocenters. The van der Waals surface area contributed by atoms with Crippen molar-refractivity contribution in [3.8, 4) is 0 Å². The lowest BCUT2D eigenvalue weighted by molar-refractivity contribution is -0.0448. The van der Waals surface area contributed by atoms with E-state index < -0.39 is 0 Å². The summed E-state index contributed by atoms with van der Waals surface area (Å²) in [5, 5.41) is 11.5. The maximum absolute atomic E-state index is 12.2. The minimum Gasteiger partial charge on any atom is -0.394 e. The van der Waals surface area contributed by atoms with Gasteiger partial charge in [-0.25, -0.2) is 4.98 Å². The second-order valence-electron chi connectivity index (χ2n) is 4.29. The smallest absolute Gasteiger partial charge is 0.273 e. The lowest BCUT2D eigenvalue weighted by Gasteiger charge is -2.31. The van der Waals surface area contributed by atoms with Crippen molar-refractivity contribution in [2.45, 2.75) is 19.1 Å². The molecular weight excluding hydrogens is 254 g/mol. The SMILES string of the molecule is CC(N)c1nc(C(=O)N2CCOC(CO)C2)cs1. The summed E-state index contributed by atoms with van der Waals surface area (Å²) >= 11 is 1.39. The third-order valence-electron chi connectivity index (χ3n) is 2.76. The van der Waals surface area contributed by atoms with Crippen LogP contribution in [0.1, 0.15) is 28.5 Å². The number of nitrogens with two attached hydrogens (primary N) is 1. The zero-order valence-corrected chi connectivity index (χ0v) is 11.0. The quantitative estimate of drug-likeness (QED) is 0.807. The molecule has 7 heteroatoms. The fraction of sp³-hybridized carbons (Fsp3) is 0.636. The number of aliphatic hydroxyl groups is 1. The molecule has 18 heavy (non-hydrogen) atoms. The third kappa shape index (κ3) is 2.86. The predicted octanol–water partition coefficient (Wildman–Crippen LogP) is -0.00390. The first-order valence-electron chi connectivity index (χ1n) is 5.84. The van der Waals surface area contributed by atoms with Gasteiger partial charge in [-0.15, -0.1) is 11.3 Å². The van der Waals surface area contributed by atoms with Gasteiger partial charge in [0.15, 0.2) is 0 Å². The van der Waals surface area contributed by atoms with Crippen molar-refractivity contribution < 1.29 is 14.6 Å². The second-order valence-corrected chi connectivity index (χ2v) is 5.18. The topological polar surface area (TPSA) is 88.7 Å². The van der Waals surface area contributed by atoms with Crippen LogP contribution in [-0.2, 0) is 4.74 Å². The van der Waals surface area contributed by atoms with Gasteiger partial charge in [0.05, 0.1) is 25.4 Å². The molecule has 0 spiro atoms. The summed E-state index contributed by atoms with van der Waals surface area (Å²) in [5.41, 5.74) is 6.14. The molecule has 1 amide bonds. The van der Waals surface area contributed by atoms with E-state index in [0.717, 1.165) is 5.01 Å². The van der Waals surface area contributed by atoms with E-state index in [1.807, 2.05) is 6.92 Å². The molecule has 0 aromatic carbocycles. The Morgan fingerprint density at radius 3 is 3.22 bits per heavy atom. The molecule has 100 valence electrons. The average molecular weight is 271 g/mol. The van der Waals surface area contributed by atoms with Gasteiger partial charge in [-0.05, 0) is 6.92 Å². The molecule has 0 saturated carbocycles. The van der Waals surface area contributed by atoms with Crippen LogP contribution in [0.15, 0.2) is 5.38 Å². The summed E-state index contributed by atoms with van der Waals surface area (Å²) in [4.78, 5) is 18.1. The molecular formula is C11H17N3O3S. The molecule has 0 bridgehead atoms. The predicted molar refractivity (Wildman–Crippen MR) is 67.4 cm³/mol. The number of hydrogen-bond acceptors (Lipinski definition) is 6. The van der Waals surface area contributed by atoms with E-state index in [9.17, 15) is 4.79 Å². The van der Waals surface area contributed by atoms with Gasteiger partial charge >= 0.3 is 0 Å². The highest BCUT2D eigenvalue weighted by atomic mass is 32.1. The molecule has 1 saturated heterocycles. The molecule has 1 aliphatic heterocycles. The number of carbonyl (C=O) groups excluding carboxylic acids is 1. The van der Waals surface area contributed by atoms with Gasteiger partial charge in [0.25, 0.3) is 5.91 Å². The van der Waals surface area contributed by atoms with E-state index in [1.54, 1.807) is 10.3 Å². The van der Waals surface area contributed by atoms with Gasteiger partial charge in [-0.2, -0.15) is 0 Å². The van der Waals surface area contributed by atoms with Crippen LogP contribution in [0.5, 0.6) is 0 Å². The molecule has 2 unspecified atom stereocenters. The molecule has 1 fully saturated rings. The van der Waals surface area contributed by atoms with Crippen molar-refractivity contribution in [1.82, 2.24) is 9.88 Å². The Labute approximate surface area is 109 Å². The maximum atomic E-state index is 12.2. The van der Waals surface area contributed by atoms with Gasteiger partial charge < -0.3 is 20.5 Å². The first-order chi connectivity index (χ1) is 8.61. The van der Waals surface area contributed by atoms with Gasteiger partial charge in [0.1, 0.15) is 10.7 Å². The summed E-state index contributed by atoms with van der Waals surface area (Å²) in [6.07, 6.45) is -0.297. The zero-order valence-electron chi connectivity index (χ0n) is 10.2. The number of carbonyl (C=O) groups is 1. The number of aliphatic hydroxyl groups excluding tert-OH is 1. The maximum Gasteiger partial charge on any atom is 0.273 e. The number of thiazole rings is 1. The lowest BCUT2D eigenvalue weighted by atomic mass is 10.2. The average Bonchev–Trinajstić information content (AvgIpc) is 2.87. The van der Waals surface area contributed by atoms with Crippen molar-refractivity contribution in [3.05, 3.63) is 16.1 Å². The fourth-order valence-electron chi connectivity index (χ4n) is 1.77. The second kappa shape index (κ2) is 5.75. The van der Waals surface area contributed by atoms with Gasteiger partial charge in [0, 0.05) is 18.5 Å². The minimum atomic E-state index is -0.297. The van der Waals surface area contributed by atoms with Crippen molar-refractivity contribution in [2.24, 2.45) is 5.73 Å². The Hall–Kier alpha value is -1.02. The molecule has 0 aliphatic carbocycles. The van der Waals surface area contributed by atoms with Gasteiger partial charge in [-0.1, -0.05) is 0 Å². The molecule has 3 N–H and O–H groups in total. The van der Waals surface area contributed by atoms with Gasteiger partial charge in [-0.3, -0.25) is 4.79 Å². The number of morpholine rings is 1. The van der Waals surface area contributed by atoms with E-state index in [1.165, 1.54) is 11.3 Å². The first kappa shape index (κ1) is 13.4. The molecule has 1 aliphatic rings. The summed E-state index contributed by atoms with van der Waals surface area (Å²) < 4.78 is 5.31. The van der Waals surface area contributed by atoms with Crippen LogP contribution in [0.3, 0.4) is 0 Å². The summed E-state index contributed by atoms with van der Waals surface area (Å²) in [6.45, 7) is 3.14. The van der Waals surface area contributed by atoms with Crippen LogP contribution in [0.25, 0.3) is 0 Å². The van der Waals surface area contributed by atoms with E-state index in [-0.39, 0.29) is 24.7 Å². The molecule has 2 heterocycles. The Morgan fingerprint density at radius 2 is 2.61 bits per heavy atom. The highest BCUT2D eigenvalue weighted by Crippen LogP contribution is 2.18. The fourth-order valence-corrected chi connectivity index (χ4v) is 2.52. The van der Waals surface area contributed by atoms with Crippen LogP contribution < -0.4 is 5.73 Å². The van der Waals surface area contributed by atoms with Crippen molar-refractivity contribution in [2.75, 3.05) is 26.3 Å². The number of nitrogens with zero attached hydrogens (tertiary/aromatic N) is 2. The van der Waals surface area contributed by atoms with Crippen molar-refractivity contribution >= 4 is 17.2 Å². The number of hydrogen-bond donors (Lipinski definition) is 2. The normalized spacial score (nSPS) is 21.9. The van der Waals surface area contributed by atoms with Crippen molar-refractivity contribution in [3.63, 3.8) is 0 Å². The van der Waals surface area contributed by atoms with E-state index in [2.05, 4.69) is 4.98 Å². The van der Waals surface area contributed by atoms with Crippen LogP contribution in [-0.4, -0.2) is 53.3 Å². The molecule has 0 radical (unpaired) electrons. The van der Waals surface area contributed by atoms with Crippen LogP contribution >= 0.6 is 11.3 Å².